The molecule has 22 nitrogen and oxygen atoms in total. The number of likely N-dealkylation sites (tertiary alicyclic amines) is 1. The Hall–Kier alpha value is -5.09. The number of carboxylic acid groups (broad SMARTS) is 1. The first kappa shape index (κ1) is 56.9. The summed E-state index contributed by atoms with van der Waals surface area (Å²) in [6.07, 6.45) is 6.06. The van der Waals surface area contributed by atoms with Crippen molar-refractivity contribution in [2.75, 3.05) is 32.7 Å². The van der Waals surface area contributed by atoms with E-state index in [0.717, 1.165) is 12.8 Å². The van der Waals surface area contributed by atoms with E-state index < -0.39 is 102 Å². The van der Waals surface area contributed by atoms with Crippen LogP contribution in [0, 0.1) is 11.8 Å². The van der Waals surface area contributed by atoms with Crippen LogP contribution in [0.4, 0.5) is 0 Å². The lowest BCUT2D eigenvalue weighted by atomic mass is 10.0. The molecule has 64 heavy (non-hydrogen) atoms. The van der Waals surface area contributed by atoms with E-state index in [0.29, 0.717) is 64.5 Å². The minimum absolute atomic E-state index is 0.0355. The summed E-state index contributed by atoms with van der Waals surface area (Å²) in [7, 11) is 0. The normalized spacial score (nSPS) is 16.4. The molecule has 0 aliphatic carbocycles. The van der Waals surface area contributed by atoms with Crippen molar-refractivity contribution in [3.05, 3.63) is 0 Å². The number of carboxylic acids is 1. The highest BCUT2D eigenvalue weighted by molar-refractivity contribution is 5.97. The van der Waals surface area contributed by atoms with Gasteiger partial charge in [0, 0.05) is 13.1 Å². The summed E-state index contributed by atoms with van der Waals surface area (Å²) < 4.78 is 0. The molecule has 7 atom stereocenters. The van der Waals surface area contributed by atoms with Gasteiger partial charge in [-0.3, -0.25) is 38.6 Å². The lowest BCUT2D eigenvalue weighted by Gasteiger charge is -2.30. The first-order valence-corrected chi connectivity index (χ1v) is 22.8. The van der Waals surface area contributed by atoms with E-state index in [1.54, 1.807) is 13.8 Å². The standard InChI is InChI=1S/C42H79N13O9/c1-6-7-14-27(45)35(57)51-29(15-8-10-19-43)40(62)55-22-13-18-32(55)38(60)53-31(23-25(2)3)36(58)49-24-33(56)54-34(26(4)5)39(61)50-28(17-12-21-48-42(46)47)37(59)52-30(41(63)64)16-9-11-20-44/h25-32,34H,6-24,43-45H2,1-5H3,(H,49,58)(H,50,61)(H,51,57)(H,52,59)(H,53,60)(H,54,56)(H,63,64)(H4,46,47,48)/t27-,28-,29-,30-,31-,32-,34-/m0/s1. The Bertz CT molecular complexity index is 1540. The van der Waals surface area contributed by atoms with Gasteiger partial charge in [-0.2, -0.15) is 0 Å². The SMILES string of the molecule is CCCC[C@H](N)C(=O)N[C@@H](CCCCN)C(=O)N1CCC[C@H]1C(=O)N[C@@H](CC(C)C)C(=O)NCC(=O)N[C@H](C(=O)N[C@@H](CCCN=C(N)N)C(=O)N[C@@H](CCCCN)C(=O)O)C(C)C. The van der Waals surface area contributed by atoms with Crippen LogP contribution in [0.1, 0.15) is 125 Å². The Kier molecular flexibility index (Phi) is 27.5. The third-order valence-corrected chi connectivity index (χ3v) is 10.8. The second kappa shape index (κ2) is 30.9. The molecule has 1 aliphatic rings. The number of nitrogens with zero attached hydrogens (tertiary/aromatic N) is 2. The average molecular weight is 910 g/mol. The van der Waals surface area contributed by atoms with E-state index in [1.165, 1.54) is 4.90 Å². The van der Waals surface area contributed by atoms with Gasteiger partial charge >= 0.3 is 5.97 Å². The van der Waals surface area contributed by atoms with Crippen LogP contribution in [0.25, 0.3) is 0 Å². The first-order chi connectivity index (χ1) is 30.3. The number of hydrogen-bond acceptors (Lipinski definition) is 12. The largest absolute Gasteiger partial charge is 0.480 e. The number of carbonyl (C=O) groups excluding carboxylic acids is 7. The minimum atomic E-state index is -1.25. The molecule has 0 saturated carbocycles. The molecule has 0 aromatic carbocycles. The van der Waals surface area contributed by atoms with Gasteiger partial charge in [-0.25, -0.2) is 4.79 Å². The van der Waals surface area contributed by atoms with E-state index in [-0.39, 0.29) is 50.7 Å². The van der Waals surface area contributed by atoms with Crippen molar-refractivity contribution in [2.24, 2.45) is 45.5 Å². The molecule has 1 fully saturated rings. The molecule has 0 aromatic rings. The van der Waals surface area contributed by atoms with Crippen molar-refractivity contribution in [3.63, 3.8) is 0 Å². The van der Waals surface area contributed by atoms with Crippen molar-refractivity contribution in [1.82, 2.24) is 36.8 Å². The fourth-order valence-corrected chi connectivity index (χ4v) is 7.16. The third kappa shape index (κ3) is 21.5. The average Bonchev–Trinajstić information content (AvgIpc) is 3.73. The summed E-state index contributed by atoms with van der Waals surface area (Å²) in [6.45, 7) is 9.63. The van der Waals surface area contributed by atoms with Gasteiger partial charge in [0.2, 0.25) is 41.4 Å². The molecule has 1 aliphatic heterocycles. The number of nitrogens with two attached hydrogens (primary N) is 5. The monoisotopic (exact) mass is 910 g/mol. The number of carbonyl (C=O) groups is 8. The zero-order chi connectivity index (χ0) is 48.4. The molecule has 1 rings (SSSR count). The summed E-state index contributed by atoms with van der Waals surface area (Å²) in [5.74, 6) is -6.28. The number of guanidine groups is 1. The molecule has 22 heteroatoms. The van der Waals surface area contributed by atoms with E-state index in [2.05, 4.69) is 36.9 Å². The highest BCUT2D eigenvalue weighted by Crippen LogP contribution is 2.21. The van der Waals surface area contributed by atoms with Crippen molar-refractivity contribution >= 4 is 53.3 Å². The molecule has 366 valence electrons. The number of nitrogens with one attached hydrogen (secondary N) is 6. The second-order valence-electron chi connectivity index (χ2n) is 17.2. The van der Waals surface area contributed by atoms with Crippen LogP contribution in [0.5, 0.6) is 0 Å². The molecule has 0 unspecified atom stereocenters. The fourth-order valence-electron chi connectivity index (χ4n) is 7.16. The van der Waals surface area contributed by atoms with Gasteiger partial charge in [-0.1, -0.05) is 47.5 Å². The van der Waals surface area contributed by atoms with Gasteiger partial charge in [0.05, 0.1) is 12.6 Å². The Labute approximate surface area is 377 Å². The second-order valence-corrected chi connectivity index (χ2v) is 17.2. The number of rotatable bonds is 32. The van der Waals surface area contributed by atoms with E-state index in [4.69, 9.17) is 28.7 Å². The number of aliphatic carboxylic acids is 1. The van der Waals surface area contributed by atoms with Crippen LogP contribution in [0.15, 0.2) is 4.99 Å². The molecule has 0 radical (unpaired) electrons. The van der Waals surface area contributed by atoms with Crippen molar-refractivity contribution in [3.8, 4) is 0 Å². The quantitative estimate of drug-likeness (QED) is 0.0200. The van der Waals surface area contributed by atoms with E-state index in [1.807, 2.05) is 20.8 Å². The van der Waals surface area contributed by atoms with Crippen LogP contribution >= 0.6 is 0 Å². The van der Waals surface area contributed by atoms with Gasteiger partial charge < -0.3 is 70.6 Å². The molecule has 1 heterocycles. The first-order valence-electron chi connectivity index (χ1n) is 22.8. The smallest absolute Gasteiger partial charge is 0.326 e. The lowest BCUT2D eigenvalue weighted by Crippen LogP contribution is -2.58. The Morgan fingerprint density at radius 1 is 0.703 bits per heavy atom. The van der Waals surface area contributed by atoms with Crippen LogP contribution in [0.2, 0.25) is 0 Å². The number of aliphatic imine (C=N–C) groups is 1. The van der Waals surface area contributed by atoms with Crippen LogP contribution < -0.4 is 60.6 Å². The lowest BCUT2D eigenvalue weighted by molar-refractivity contribution is -0.142. The Balaban J connectivity index is 3.09. The molecule has 1 saturated heterocycles. The van der Waals surface area contributed by atoms with E-state index in [9.17, 15) is 43.5 Å². The van der Waals surface area contributed by atoms with Gasteiger partial charge in [0.15, 0.2) is 5.96 Å². The molecule has 0 spiro atoms. The summed E-state index contributed by atoms with van der Waals surface area (Å²) in [5, 5.41) is 25.5. The predicted octanol–water partition coefficient (Wildman–Crippen LogP) is -1.87. The summed E-state index contributed by atoms with van der Waals surface area (Å²) in [4.78, 5) is 112. The van der Waals surface area contributed by atoms with Gasteiger partial charge in [0.25, 0.3) is 0 Å². The fraction of sp³-hybridized carbons (Fsp3) is 0.786. The summed E-state index contributed by atoms with van der Waals surface area (Å²) in [6, 6.07) is -7.30. The minimum Gasteiger partial charge on any atom is -0.480 e. The zero-order valence-corrected chi connectivity index (χ0v) is 38.6. The van der Waals surface area contributed by atoms with Gasteiger partial charge in [0.1, 0.15) is 36.3 Å². The highest BCUT2D eigenvalue weighted by Gasteiger charge is 2.39. The van der Waals surface area contributed by atoms with Crippen LogP contribution in [-0.4, -0.2) is 138 Å². The number of amides is 7. The molecular formula is C42H79N13O9. The number of unbranched alkanes of at least 4 members (excludes halogenated alkanes) is 3. The molecule has 17 N–H and O–H groups in total. The van der Waals surface area contributed by atoms with E-state index >= 15 is 0 Å². The Morgan fingerprint density at radius 2 is 1.30 bits per heavy atom. The predicted molar refractivity (Wildman–Crippen MR) is 243 cm³/mol. The maximum Gasteiger partial charge on any atom is 0.326 e. The topological polar surface area (TPSA) is 375 Å². The highest BCUT2D eigenvalue weighted by atomic mass is 16.4. The van der Waals surface area contributed by atoms with Gasteiger partial charge in [-0.05, 0) is 102 Å². The van der Waals surface area contributed by atoms with Crippen LogP contribution in [-0.2, 0) is 38.4 Å². The molecule has 0 bridgehead atoms. The molecule has 7 amide bonds. The zero-order valence-electron chi connectivity index (χ0n) is 38.6. The van der Waals surface area contributed by atoms with Crippen LogP contribution in [0.3, 0.4) is 0 Å². The molecule has 0 aromatic heterocycles. The van der Waals surface area contributed by atoms with Crippen molar-refractivity contribution in [1.29, 1.82) is 0 Å². The van der Waals surface area contributed by atoms with Crippen molar-refractivity contribution in [2.45, 2.75) is 167 Å². The Morgan fingerprint density at radius 3 is 1.86 bits per heavy atom. The number of hydrogen-bond donors (Lipinski definition) is 12. The van der Waals surface area contributed by atoms with Gasteiger partial charge in [-0.15, -0.1) is 0 Å². The summed E-state index contributed by atoms with van der Waals surface area (Å²) in [5.41, 5.74) is 28.1. The maximum atomic E-state index is 13.9. The maximum absolute atomic E-state index is 13.9. The molecular weight excluding hydrogens is 831 g/mol. The summed E-state index contributed by atoms with van der Waals surface area (Å²) >= 11 is 0. The third-order valence-electron chi connectivity index (χ3n) is 10.8. The van der Waals surface area contributed by atoms with Crippen molar-refractivity contribution < 1.29 is 43.5 Å².